The van der Waals surface area contributed by atoms with Crippen molar-refractivity contribution in [2.75, 3.05) is 26.3 Å². The summed E-state index contributed by atoms with van der Waals surface area (Å²) in [4.78, 5) is 30.6. The van der Waals surface area contributed by atoms with Crippen molar-refractivity contribution < 1.29 is 19.1 Å². The van der Waals surface area contributed by atoms with Gasteiger partial charge in [-0.05, 0) is 26.8 Å². The summed E-state index contributed by atoms with van der Waals surface area (Å²) in [5, 5.41) is 2.65. The number of amides is 2. The molecule has 134 valence electrons. The van der Waals surface area contributed by atoms with Crippen molar-refractivity contribution in [3.8, 4) is 0 Å². The minimum absolute atomic E-state index is 0. The summed E-state index contributed by atoms with van der Waals surface area (Å²) in [6, 6.07) is 2.66. The highest BCUT2D eigenvalue weighted by molar-refractivity contribution is 5.87. The predicted octanol–water partition coefficient (Wildman–Crippen LogP) is 2.14. The van der Waals surface area contributed by atoms with E-state index in [9.17, 15) is 9.59 Å². The van der Waals surface area contributed by atoms with Crippen molar-refractivity contribution >= 4 is 12.0 Å². The Morgan fingerprint density at radius 2 is 2.00 bits per heavy atom. The van der Waals surface area contributed by atoms with Crippen LogP contribution in [0.2, 0.25) is 0 Å². The molecule has 1 fully saturated rings. The van der Waals surface area contributed by atoms with Crippen LogP contribution in [0.4, 0.5) is 4.79 Å². The standard InChI is InChI=1S/C16H23N3O4.CH4/c1-16(2,3)23-15(21)18-13(12-5-4-6-17-11-12)14(20)19-7-9-22-10-8-19;/h4-6,11,13H,7-10H2,1-3H3,(H,18,21);1H4. The maximum atomic E-state index is 12.8. The van der Waals surface area contributed by atoms with Gasteiger partial charge in [0.05, 0.1) is 13.2 Å². The number of ether oxygens (including phenoxy) is 2. The van der Waals surface area contributed by atoms with Crippen molar-refractivity contribution in [2.24, 2.45) is 0 Å². The molecule has 24 heavy (non-hydrogen) atoms. The number of carbonyl (C=O) groups excluding carboxylic acids is 2. The van der Waals surface area contributed by atoms with Crippen LogP contribution in [-0.2, 0) is 14.3 Å². The van der Waals surface area contributed by atoms with Crippen molar-refractivity contribution in [3.63, 3.8) is 0 Å². The normalized spacial score (nSPS) is 15.9. The Morgan fingerprint density at radius 3 is 2.54 bits per heavy atom. The molecule has 2 amide bonds. The van der Waals surface area contributed by atoms with Gasteiger partial charge in [-0.25, -0.2) is 4.79 Å². The van der Waals surface area contributed by atoms with Gasteiger partial charge in [0.1, 0.15) is 11.6 Å². The van der Waals surface area contributed by atoms with Crippen LogP contribution in [0.15, 0.2) is 24.5 Å². The highest BCUT2D eigenvalue weighted by Gasteiger charge is 2.30. The quantitative estimate of drug-likeness (QED) is 0.914. The molecule has 7 nitrogen and oxygen atoms in total. The summed E-state index contributed by atoms with van der Waals surface area (Å²) < 4.78 is 10.5. The fraction of sp³-hybridized carbons (Fsp3) is 0.588. The van der Waals surface area contributed by atoms with Crippen molar-refractivity contribution in [1.29, 1.82) is 0 Å². The Bertz CT molecular complexity index is 537. The van der Waals surface area contributed by atoms with Crippen molar-refractivity contribution in [3.05, 3.63) is 30.1 Å². The topological polar surface area (TPSA) is 80.8 Å². The number of carbonyl (C=O) groups is 2. The van der Waals surface area contributed by atoms with E-state index in [4.69, 9.17) is 9.47 Å². The highest BCUT2D eigenvalue weighted by Crippen LogP contribution is 2.17. The molecule has 0 saturated carbocycles. The first-order valence-corrected chi connectivity index (χ1v) is 7.63. The van der Waals surface area contributed by atoms with Gasteiger partial charge in [-0.15, -0.1) is 0 Å². The lowest BCUT2D eigenvalue weighted by Crippen LogP contribution is -2.48. The van der Waals surface area contributed by atoms with Crippen LogP contribution in [0.25, 0.3) is 0 Å². The molecule has 1 N–H and O–H groups in total. The van der Waals surface area contributed by atoms with Gasteiger partial charge in [0.2, 0.25) is 5.91 Å². The van der Waals surface area contributed by atoms with Gasteiger partial charge >= 0.3 is 6.09 Å². The number of pyridine rings is 1. The number of nitrogens with zero attached hydrogens (tertiary/aromatic N) is 2. The lowest BCUT2D eigenvalue weighted by atomic mass is 10.1. The summed E-state index contributed by atoms with van der Waals surface area (Å²) in [5.41, 5.74) is -0.0131. The minimum atomic E-state index is -0.823. The number of morpholine rings is 1. The number of hydrogen-bond donors (Lipinski definition) is 1. The first-order valence-electron chi connectivity index (χ1n) is 7.63. The van der Waals surface area contributed by atoms with E-state index in [0.717, 1.165) is 0 Å². The summed E-state index contributed by atoms with van der Waals surface area (Å²) in [5.74, 6) is -0.188. The number of hydrogen-bond acceptors (Lipinski definition) is 5. The first kappa shape index (κ1) is 19.9. The molecule has 1 unspecified atom stereocenters. The molecule has 0 spiro atoms. The molecule has 0 aliphatic carbocycles. The predicted molar refractivity (Wildman–Crippen MR) is 90.5 cm³/mol. The van der Waals surface area contributed by atoms with E-state index < -0.39 is 17.7 Å². The molecule has 1 saturated heterocycles. The average molecular weight is 337 g/mol. The minimum Gasteiger partial charge on any atom is -0.444 e. The second-order valence-corrected chi connectivity index (χ2v) is 6.30. The summed E-state index contributed by atoms with van der Waals surface area (Å²) in [6.45, 7) is 7.33. The number of rotatable bonds is 3. The van der Waals surface area contributed by atoms with Gasteiger partial charge in [0, 0.05) is 31.0 Å². The Balaban J connectivity index is 0.00000288. The lowest BCUT2D eigenvalue weighted by Gasteiger charge is -2.31. The number of alkyl carbamates (subject to hydrolysis) is 1. The van der Waals surface area contributed by atoms with E-state index in [0.29, 0.717) is 31.9 Å². The monoisotopic (exact) mass is 337 g/mol. The molecule has 1 aliphatic heterocycles. The highest BCUT2D eigenvalue weighted by atomic mass is 16.6. The Morgan fingerprint density at radius 1 is 1.33 bits per heavy atom. The average Bonchev–Trinajstić information content (AvgIpc) is 2.52. The second kappa shape index (κ2) is 8.63. The van der Waals surface area contributed by atoms with Crippen molar-refractivity contribution in [1.82, 2.24) is 15.2 Å². The third-order valence-electron chi connectivity index (χ3n) is 3.25. The third-order valence-corrected chi connectivity index (χ3v) is 3.25. The maximum absolute atomic E-state index is 12.8. The molecule has 0 aromatic carbocycles. The Labute approximate surface area is 143 Å². The van der Waals surface area contributed by atoms with E-state index in [-0.39, 0.29) is 13.3 Å². The smallest absolute Gasteiger partial charge is 0.408 e. The lowest BCUT2D eigenvalue weighted by molar-refractivity contribution is -0.137. The molecule has 2 heterocycles. The number of nitrogens with one attached hydrogen (secondary N) is 1. The molecule has 0 bridgehead atoms. The number of aromatic nitrogens is 1. The summed E-state index contributed by atoms with van der Waals surface area (Å²) in [7, 11) is 0. The van der Waals surface area contributed by atoms with E-state index in [1.165, 1.54) is 0 Å². The van der Waals surface area contributed by atoms with E-state index in [1.54, 1.807) is 50.2 Å². The van der Waals surface area contributed by atoms with Crippen molar-refractivity contribution in [2.45, 2.75) is 39.8 Å². The van der Waals surface area contributed by atoms with Crippen LogP contribution < -0.4 is 5.32 Å². The summed E-state index contributed by atoms with van der Waals surface area (Å²) in [6.07, 6.45) is 2.56. The van der Waals surface area contributed by atoms with E-state index in [2.05, 4.69) is 10.3 Å². The van der Waals surface area contributed by atoms with Crippen LogP contribution in [0.5, 0.6) is 0 Å². The molecule has 7 heteroatoms. The second-order valence-electron chi connectivity index (χ2n) is 6.30. The maximum Gasteiger partial charge on any atom is 0.408 e. The van der Waals surface area contributed by atoms with Crippen LogP contribution in [0.3, 0.4) is 0 Å². The molecule has 1 aromatic heterocycles. The zero-order valence-electron chi connectivity index (χ0n) is 13.7. The third kappa shape index (κ3) is 5.81. The van der Waals surface area contributed by atoms with Crippen LogP contribution >= 0.6 is 0 Å². The van der Waals surface area contributed by atoms with Gasteiger partial charge in [-0.1, -0.05) is 13.5 Å². The van der Waals surface area contributed by atoms with E-state index >= 15 is 0 Å². The van der Waals surface area contributed by atoms with Gasteiger partial charge in [0.25, 0.3) is 0 Å². The van der Waals surface area contributed by atoms with Gasteiger partial charge in [0.15, 0.2) is 0 Å². The Kier molecular flexibility index (Phi) is 7.16. The Hall–Kier alpha value is -2.15. The first-order chi connectivity index (χ1) is 10.9. The zero-order chi connectivity index (χ0) is 16.9. The van der Waals surface area contributed by atoms with Crippen LogP contribution in [0, 0.1) is 0 Å². The van der Waals surface area contributed by atoms with E-state index in [1.807, 2.05) is 0 Å². The van der Waals surface area contributed by atoms with Crippen LogP contribution in [-0.4, -0.2) is 53.8 Å². The molecule has 1 aromatic rings. The zero-order valence-corrected chi connectivity index (χ0v) is 13.7. The molecular formula is C17H27N3O4. The van der Waals surface area contributed by atoms with Gasteiger partial charge < -0.3 is 19.7 Å². The summed E-state index contributed by atoms with van der Waals surface area (Å²) >= 11 is 0. The molecule has 1 aliphatic rings. The fourth-order valence-corrected chi connectivity index (χ4v) is 2.23. The molecular weight excluding hydrogens is 310 g/mol. The van der Waals surface area contributed by atoms with Crippen LogP contribution in [0.1, 0.15) is 39.8 Å². The SMILES string of the molecule is C.CC(C)(C)OC(=O)NC(C(=O)N1CCOCC1)c1cccnc1. The fourth-order valence-electron chi connectivity index (χ4n) is 2.23. The van der Waals surface area contributed by atoms with Gasteiger partial charge in [-0.2, -0.15) is 0 Å². The molecule has 0 radical (unpaired) electrons. The molecule has 2 rings (SSSR count). The van der Waals surface area contributed by atoms with Gasteiger partial charge in [-0.3, -0.25) is 9.78 Å². The molecule has 1 atom stereocenters. The largest absolute Gasteiger partial charge is 0.444 e.